The standard InChI is InChI=1S/C17H19N5O2/c1-11-6-5-7-15(22-17(23)21(4)19-20-22)14(11)10-24-16-9-8-12(2)18-13(16)3/h5-9H,10H2,1-4H3. The fourth-order valence-corrected chi connectivity index (χ4v) is 2.51. The zero-order chi connectivity index (χ0) is 17.3. The Morgan fingerprint density at radius 1 is 1.08 bits per heavy atom. The van der Waals surface area contributed by atoms with Gasteiger partial charge >= 0.3 is 5.69 Å². The topological polar surface area (TPSA) is 74.8 Å². The molecule has 1 aromatic carbocycles. The number of benzene rings is 1. The zero-order valence-corrected chi connectivity index (χ0v) is 14.1. The van der Waals surface area contributed by atoms with E-state index in [9.17, 15) is 4.79 Å². The number of aromatic nitrogens is 5. The fraction of sp³-hybridized carbons (Fsp3) is 0.294. The smallest absolute Gasteiger partial charge is 0.368 e. The first-order chi connectivity index (χ1) is 11.5. The van der Waals surface area contributed by atoms with Gasteiger partial charge in [-0.2, -0.15) is 9.36 Å². The van der Waals surface area contributed by atoms with Crippen LogP contribution in [-0.4, -0.2) is 24.8 Å². The molecule has 0 fully saturated rings. The molecule has 0 amide bonds. The quantitative estimate of drug-likeness (QED) is 0.732. The van der Waals surface area contributed by atoms with Gasteiger partial charge in [-0.3, -0.25) is 4.98 Å². The SMILES string of the molecule is Cc1ccc(OCc2c(C)cccc2-n2nnn(C)c2=O)c(C)n1. The third kappa shape index (κ3) is 2.92. The van der Waals surface area contributed by atoms with E-state index in [1.807, 2.05) is 51.1 Å². The Kier molecular flexibility index (Phi) is 4.16. The molecule has 0 atom stereocenters. The second kappa shape index (κ2) is 6.27. The van der Waals surface area contributed by atoms with Crippen LogP contribution in [0.25, 0.3) is 5.69 Å². The van der Waals surface area contributed by atoms with Crippen LogP contribution in [0.4, 0.5) is 0 Å². The highest BCUT2D eigenvalue weighted by molar-refractivity contribution is 5.44. The lowest BCUT2D eigenvalue weighted by atomic mass is 10.1. The number of hydrogen-bond acceptors (Lipinski definition) is 5. The van der Waals surface area contributed by atoms with Crippen molar-refractivity contribution in [3.8, 4) is 11.4 Å². The molecule has 0 unspecified atom stereocenters. The third-order valence-electron chi connectivity index (χ3n) is 3.88. The first-order valence-corrected chi connectivity index (χ1v) is 7.62. The van der Waals surface area contributed by atoms with Gasteiger partial charge in [0.1, 0.15) is 12.4 Å². The highest BCUT2D eigenvalue weighted by atomic mass is 16.5. The molecule has 0 aliphatic carbocycles. The van der Waals surface area contributed by atoms with E-state index in [0.717, 1.165) is 28.3 Å². The molecule has 0 spiro atoms. The van der Waals surface area contributed by atoms with E-state index in [2.05, 4.69) is 15.4 Å². The predicted molar refractivity (Wildman–Crippen MR) is 89.4 cm³/mol. The van der Waals surface area contributed by atoms with Gasteiger partial charge < -0.3 is 4.74 Å². The number of aryl methyl sites for hydroxylation is 4. The van der Waals surface area contributed by atoms with Crippen LogP contribution in [0.1, 0.15) is 22.5 Å². The maximum atomic E-state index is 12.1. The molecule has 0 saturated carbocycles. The zero-order valence-electron chi connectivity index (χ0n) is 14.1. The summed E-state index contributed by atoms with van der Waals surface area (Å²) in [5.41, 5.74) is 4.06. The molecule has 2 aromatic heterocycles. The Morgan fingerprint density at radius 2 is 1.88 bits per heavy atom. The van der Waals surface area contributed by atoms with Crippen molar-refractivity contribution in [3.05, 3.63) is 63.3 Å². The van der Waals surface area contributed by atoms with Gasteiger partial charge in [0.05, 0.1) is 11.4 Å². The summed E-state index contributed by atoms with van der Waals surface area (Å²) < 4.78 is 8.41. The minimum absolute atomic E-state index is 0.296. The minimum Gasteiger partial charge on any atom is -0.487 e. The number of ether oxygens (including phenoxy) is 1. The summed E-state index contributed by atoms with van der Waals surface area (Å²) in [7, 11) is 1.57. The highest BCUT2D eigenvalue weighted by Gasteiger charge is 2.14. The molecule has 0 N–H and O–H groups in total. The fourth-order valence-electron chi connectivity index (χ4n) is 2.51. The molecule has 0 aliphatic rings. The van der Waals surface area contributed by atoms with Gasteiger partial charge in [0.25, 0.3) is 0 Å². The molecular weight excluding hydrogens is 306 g/mol. The van der Waals surface area contributed by atoms with Crippen molar-refractivity contribution >= 4 is 0 Å². The first kappa shape index (κ1) is 15.9. The number of hydrogen-bond donors (Lipinski definition) is 0. The van der Waals surface area contributed by atoms with Crippen LogP contribution in [-0.2, 0) is 13.7 Å². The number of tetrazole rings is 1. The van der Waals surface area contributed by atoms with Crippen molar-refractivity contribution < 1.29 is 4.74 Å². The van der Waals surface area contributed by atoms with Crippen LogP contribution in [0.2, 0.25) is 0 Å². The van der Waals surface area contributed by atoms with Crippen LogP contribution in [0.5, 0.6) is 5.75 Å². The first-order valence-electron chi connectivity index (χ1n) is 7.62. The monoisotopic (exact) mass is 325 g/mol. The van der Waals surface area contributed by atoms with Gasteiger partial charge in [-0.1, -0.05) is 12.1 Å². The normalized spacial score (nSPS) is 10.8. The molecule has 7 nitrogen and oxygen atoms in total. The molecule has 0 saturated heterocycles. The van der Waals surface area contributed by atoms with Gasteiger partial charge in [-0.25, -0.2) is 4.79 Å². The van der Waals surface area contributed by atoms with Crippen molar-refractivity contribution in [2.24, 2.45) is 7.05 Å². The summed E-state index contributed by atoms with van der Waals surface area (Å²) in [4.78, 5) is 16.5. The minimum atomic E-state index is -0.296. The van der Waals surface area contributed by atoms with Crippen LogP contribution < -0.4 is 10.4 Å². The van der Waals surface area contributed by atoms with Gasteiger partial charge in [-0.05, 0) is 55.0 Å². The lowest BCUT2D eigenvalue weighted by molar-refractivity contribution is 0.301. The molecule has 24 heavy (non-hydrogen) atoms. The Hall–Kier alpha value is -2.96. The van der Waals surface area contributed by atoms with E-state index < -0.39 is 0 Å². The Labute approximate surface area is 139 Å². The summed E-state index contributed by atoms with van der Waals surface area (Å²) in [5, 5.41) is 7.69. The molecule has 124 valence electrons. The maximum absolute atomic E-state index is 12.1. The lowest BCUT2D eigenvalue weighted by Gasteiger charge is -2.14. The number of nitrogens with zero attached hydrogens (tertiary/aromatic N) is 5. The predicted octanol–water partition coefficient (Wildman–Crippen LogP) is 1.87. The van der Waals surface area contributed by atoms with E-state index in [1.54, 1.807) is 7.05 Å². The van der Waals surface area contributed by atoms with E-state index >= 15 is 0 Å². The second-order valence-electron chi connectivity index (χ2n) is 5.69. The van der Waals surface area contributed by atoms with Gasteiger partial charge in [-0.15, -0.1) is 0 Å². The van der Waals surface area contributed by atoms with Crippen LogP contribution in [0.15, 0.2) is 35.1 Å². The van der Waals surface area contributed by atoms with Crippen molar-refractivity contribution in [1.29, 1.82) is 0 Å². The lowest BCUT2D eigenvalue weighted by Crippen LogP contribution is -2.23. The van der Waals surface area contributed by atoms with Crippen LogP contribution in [0.3, 0.4) is 0 Å². The Balaban J connectivity index is 1.96. The molecule has 3 aromatic rings. The van der Waals surface area contributed by atoms with Gasteiger partial charge in [0.2, 0.25) is 0 Å². The molecule has 3 rings (SSSR count). The largest absolute Gasteiger partial charge is 0.487 e. The summed E-state index contributed by atoms with van der Waals surface area (Å²) in [6, 6.07) is 9.51. The molecular formula is C17H19N5O2. The third-order valence-corrected chi connectivity index (χ3v) is 3.88. The molecule has 0 aliphatic heterocycles. The molecule has 0 bridgehead atoms. The number of rotatable bonds is 4. The molecule has 2 heterocycles. The Bertz CT molecular complexity index is 942. The highest BCUT2D eigenvalue weighted by Crippen LogP contribution is 2.21. The van der Waals surface area contributed by atoms with E-state index in [1.165, 1.54) is 9.36 Å². The average molecular weight is 325 g/mol. The van der Waals surface area contributed by atoms with E-state index in [0.29, 0.717) is 12.3 Å². The average Bonchev–Trinajstić information content (AvgIpc) is 2.87. The summed E-state index contributed by atoms with van der Waals surface area (Å²) in [6.45, 7) is 6.14. The van der Waals surface area contributed by atoms with E-state index in [4.69, 9.17) is 4.74 Å². The summed E-state index contributed by atoms with van der Waals surface area (Å²) in [5.74, 6) is 0.723. The maximum Gasteiger partial charge on any atom is 0.368 e. The van der Waals surface area contributed by atoms with Crippen molar-refractivity contribution in [2.45, 2.75) is 27.4 Å². The van der Waals surface area contributed by atoms with E-state index in [-0.39, 0.29) is 5.69 Å². The van der Waals surface area contributed by atoms with Crippen LogP contribution in [0, 0.1) is 20.8 Å². The van der Waals surface area contributed by atoms with Crippen LogP contribution >= 0.6 is 0 Å². The Morgan fingerprint density at radius 3 is 2.54 bits per heavy atom. The number of pyridine rings is 1. The molecule has 7 heteroatoms. The van der Waals surface area contributed by atoms with Crippen molar-refractivity contribution in [2.75, 3.05) is 0 Å². The molecule has 0 radical (unpaired) electrons. The second-order valence-corrected chi connectivity index (χ2v) is 5.69. The van der Waals surface area contributed by atoms with Gasteiger partial charge in [0, 0.05) is 18.3 Å². The van der Waals surface area contributed by atoms with Crippen molar-refractivity contribution in [3.63, 3.8) is 0 Å². The van der Waals surface area contributed by atoms with Gasteiger partial charge in [0.15, 0.2) is 0 Å². The summed E-state index contributed by atoms with van der Waals surface area (Å²) in [6.07, 6.45) is 0. The summed E-state index contributed by atoms with van der Waals surface area (Å²) >= 11 is 0. The van der Waals surface area contributed by atoms with Crippen molar-refractivity contribution in [1.82, 2.24) is 24.8 Å².